The Labute approximate surface area is 169 Å². The van der Waals surface area contributed by atoms with Gasteiger partial charge in [0.05, 0.1) is 5.56 Å². The SMILES string of the molecule is CSCCC(=O)N1CCCC(N2CCN(c3cccc(C(F)(F)F)c3)CC2)C1. The molecule has 1 amide bonds. The highest BCUT2D eigenvalue weighted by Crippen LogP contribution is 2.32. The number of carbonyl (C=O) groups excluding carboxylic acids is 1. The van der Waals surface area contributed by atoms with Crippen LogP contribution < -0.4 is 4.90 Å². The van der Waals surface area contributed by atoms with Gasteiger partial charge in [-0.2, -0.15) is 24.9 Å². The van der Waals surface area contributed by atoms with E-state index in [0.717, 1.165) is 50.8 Å². The van der Waals surface area contributed by atoms with E-state index in [9.17, 15) is 18.0 Å². The number of piperazine rings is 1. The highest BCUT2D eigenvalue weighted by atomic mass is 32.2. The molecule has 2 aliphatic rings. The van der Waals surface area contributed by atoms with Crippen molar-refractivity contribution < 1.29 is 18.0 Å². The van der Waals surface area contributed by atoms with Crippen LogP contribution in [0.3, 0.4) is 0 Å². The van der Waals surface area contributed by atoms with Crippen molar-refractivity contribution >= 4 is 23.4 Å². The lowest BCUT2D eigenvalue weighted by Gasteiger charge is -2.44. The summed E-state index contributed by atoms with van der Waals surface area (Å²) in [4.78, 5) is 18.7. The smallest absolute Gasteiger partial charge is 0.369 e. The van der Waals surface area contributed by atoms with Crippen LogP contribution in [0.5, 0.6) is 0 Å². The summed E-state index contributed by atoms with van der Waals surface area (Å²) in [6.07, 6.45) is 0.388. The quantitative estimate of drug-likeness (QED) is 0.735. The lowest BCUT2D eigenvalue weighted by atomic mass is 10.0. The van der Waals surface area contributed by atoms with E-state index in [-0.39, 0.29) is 5.91 Å². The first-order valence-electron chi connectivity index (χ1n) is 9.81. The summed E-state index contributed by atoms with van der Waals surface area (Å²) >= 11 is 1.69. The third-order valence-corrected chi connectivity index (χ3v) is 6.25. The van der Waals surface area contributed by atoms with Crippen LogP contribution in [-0.4, -0.2) is 73.0 Å². The summed E-state index contributed by atoms with van der Waals surface area (Å²) in [5.41, 5.74) is 0.0334. The van der Waals surface area contributed by atoms with Gasteiger partial charge in [0.2, 0.25) is 5.91 Å². The first kappa shape index (κ1) is 21.3. The van der Waals surface area contributed by atoms with Gasteiger partial charge >= 0.3 is 6.18 Å². The van der Waals surface area contributed by atoms with Crippen LogP contribution in [0.15, 0.2) is 24.3 Å². The topological polar surface area (TPSA) is 26.8 Å². The predicted molar refractivity (Wildman–Crippen MR) is 108 cm³/mol. The number of rotatable bonds is 5. The molecule has 4 nitrogen and oxygen atoms in total. The van der Waals surface area contributed by atoms with Crippen LogP contribution in [0, 0.1) is 0 Å². The summed E-state index contributed by atoms with van der Waals surface area (Å²) in [5, 5.41) is 0. The zero-order chi connectivity index (χ0) is 20.1. The summed E-state index contributed by atoms with van der Waals surface area (Å²) in [6, 6.07) is 5.93. The summed E-state index contributed by atoms with van der Waals surface area (Å²) < 4.78 is 38.9. The van der Waals surface area contributed by atoms with E-state index in [1.165, 1.54) is 12.1 Å². The fourth-order valence-corrected chi connectivity index (χ4v) is 4.43. The molecular formula is C20H28F3N3OS. The van der Waals surface area contributed by atoms with Gasteiger partial charge < -0.3 is 9.80 Å². The van der Waals surface area contributed by atoms with Crippen molar-refractivity contribution in [1.29, 1.82) is 0 Å². The fourth-order valence-electron chi connectivity index (χ4n) is 4.05. The normalized spacial score (nSPS) is 21.8. The Morgan fingerprint density at radius 1 is 1.18 bits per heavy atom. The average Bonchev–Trinajstić information content (AvgIpc) is 2.71. The molecule has 1 aromatic rings. The number of halogens is 3. The second-order valence-corrected chi connectivity index (χ2v) is 8.44. The largest absolute Gasteiger partial charge is 0.416 e. The molecule has 0 bridgehead atoms. The van der Waals surface area contributed by atoms with Crippen molar-refractivity contribution in [2.45, 2.75) is 31.5 Å². The van der Waals surface area contributed by atoms with E-state index < -0.39 is 11.7 Å². The molecular weight excluding hydrogens is 387 g/mol. The van der Waals surface area contributed by atoms with E-state index in [1.807, 2.05) is 16.1 Å². The molecule has 0 saturated carbocycles. The molecule has 0 aromatic heterocycles. The van der Waals surface area contributed by atoms with Gasteiger partial charge in [0.1, 0.15) is 0 Å². The molecule has 0 N–H and O–H groups in total. The maximum absolute atomic E-state index is 13.0. The molecule has 0 aliphatic carbocycles. The Kier molecular flexibility index (Phi) is 7.15. The second kappa shape index (κ2) is 9.39. The molecule has 2 fully saturated rings. The number of alkyl halides is 3. The summed E-state index contributed by atoms with van der Waals surface area (Å²) in [6.45, 7) is 4.66. The molecule has 1 atom stereocenters. The first-order chi connectivity index (χ1) is 13.4. The van der Waals surface area contributed by atoms with Gasteiger partial charge in [0.25, 0.3) is 0 Å². The second-order valence-electron chi connectivity index (χ2n) is 7.45. The number of amides is 1. The standard InChI is InChI=1S/C20H28F3N3OS/c1-28-13-7-19(27)26-8-3-6-18(15-26)25-11-9-24(10-12-25)17-5-2-4-16(14-17)20(21,22)23/h2,4-5,14,18H,3,6-13,15H2,1H3. The Hall–Kier alpha value is -1.41. The van der Waals surface area contributed by atoms with Crippen LogP contribution in [0.4, 0.5) is 18.9 Å². The molecule has 3 rings (SSSR count). The van der Waals surface area contributed by atoms with Gasteiger partial charge in [-0.25, -0.2) is 0 Å². The number of anilines is 1. The average molecular weight is 416 g/mol. The van der Waals surface area contributed by atoms with Crippen molar-refractivity contribution in [3.8, 4) is 0 Å². The Balaban J connectivity index is 1.54. The number of hydrogen-bond donors (Lipinski definition) is 0. The Morgan fingerprint density at radius 3 is 2.61 bits per heavy atom. The van der Waals surface area contributed by atoms with E-state index in [4.69, 9.17) is 0 Å². The number of hydrogen-bond acceptors (Lipinski definition) is 4. The number of likely N-dealkylation sites (tertiary alicyclic amines) is 1. The van der Waals surface area contributed by atoms with Gasteiger partial charge in [0, 0.05) is 63.2 Å². The first-order valence-corrected chi connectivity index (χ1v) is 11.2. The molecule has 1 aromatic carbocycles. The monoisotopic (exact) mass is 415 g/mol. The predicted octanol–water partition coefficient (Wildman–Crippen LogP) is 3.57. The number of nitrogens with zero attached hydrogens (tertiary/aromatic N) is 3. The van der Waals surface area contributed by atoms with Crippen molar-refractivity contribution in [3.63, 3.8) is 0 Å². The number of benzene rings is 1. The van der Waals surface area contributed by atoms with Gasteiger partial charge in [-0.3, -0.25) is 9.69 Å². The summed E-state index contributed by atoms with van der Waals surface area (Å²) in [7, 11) is 0. The minimum atomic E-state index is -4.31. The van der Waals surface area contributed by atoms with Crippen LogP contribution in [0.25, 0.3) is 0 Å². The van der Waals surface area contributed by atoms with Crippen molar-refractivity contribution in [1.82, 2.24) is 9.80 Å². The molecule has 1 unspecified atom stereocenters. The van der Waals surface area contributed by atoms with Crippen molar-refractivity contribution in [3.05, 3.63) is 29.8 Å². The lowest BCUT2D eigenvalue weighted by Crippen LogP contribution is -2.56. The van der Waals surface area contributed by atoms with Crippen LogP contribution in [0.2, 0.25) is 0 Å². The molecule has 2 saturated heterocycles. The zero-order valence-corrected chi connectivity index (χ0v) is 17.1. The molecule has 2 heterocycles. The minimum Gasteiger partial charge on any atom is -0.369 e. The molecule has 0 spiro atoms. The van der Waals surface area contributed by atoms with E-state index in [2.05, 4.69) is 4.90 Å². The minimum absolute atomic E-state index is 0.238. The van der Waals surface area contributed by atoms with Gasteiger partial charge in [-0.15, -0.1) is 0 Å². The highest BCUT2D eigenvalue weighted by molar-refractivity contribution is 7.98. The molecule has 0 radical (unpaired) electrons. The maximum Gasteiger partial charge on any atom is 0.416 e. The molecule has 156 valence electrons. The highest BCUT2D eigenvalue weighted by Gasteiger charge is 2.32. The van der Waals surface area contributed by atoms with E-state index >= 15 is 0 Å². The Bertz CT molecular complexity index is 662. The van der Waals surface area contributed by atoms with E-state index in [0.29, 0.717) is 31.2 Å². The fraction of sp³-hybridized carbons (Fsp3) is 0.650. The zero-order valence-electron chi connectivity index (χ0n) is 16.2. The van der Waals surface area contributed by atoms with Crippen LogP contribution in [0.1, 0.15) is 24.8 Å². The van der Waals surface area contributed by atoms with Gasteiger partial charge in [0.15, 0.2) is 0 Å². The molecule has 8 heteroatoms. The third-order valence-electron chi connectivity index (χ3n) is 5.64. The van der Waals surface area contributed by atoms with E-state index in [1.54, 1.807) is 17.8 Å². The number of carbonyl (C=O) groups is 1. The Morgan fingerprint density at radius 2 is 1.93 bits per heavy atom. The maximum atomic E-state index is 13.0. The lowest BCUT2D eigenvalue weighted by molar-refractivity contribution is -0.137. The molecule has 2 aliphatic heterocycles. The number of thioether (sulfide) groups is 1. The van der Waals surface area contributed by atoms with Crippen molar-refractivity contribution in [2.24, 2.45) is 0 Å². The third kappa shape index (κ3) is 5.35. The number of piperidine rings is 1. The van der Waals surface area contributed by atoms with Gasteiger partial charge in [-0.05, 0) is 37.3 Å². The molecule has 28 heavy (non-hydrogen) atoms. The van der Waals surface area contributed by atoms with Gasteiger partial charge in [-0.1, -0.05) is 6.07 Å². The van der Waals surface area contributed by atoms with Crippen LogP contribution >= 0.6 is 11.8 Å². The van der Waals surface area contributed by atoms with Crippen LogP contribution in [-0.2, 0) is 11.0 Å². The summed E-state index contributed by atoms with van der Waals surface area (Å²) in [5.74, 6) is 1.09. The van der Waals surface area contributed by atoms with Crippen molar-refractivity contribution in [2.75, 3.05) is 56.2 Å².